The first kappa shape index (κ1) is 18.5. The van der Waals surface area contributed by atoms with E-state index in [1.165, 1.54) is 0 Å². The van der Waals surface area contributed by atoms with Crippen molar-refractivity contribution >= 4 is 17.7 Å². The summed E-state index contributed by atoms with van der Waals surface area (Å²) < 4.78 is 37.9. The van der Waals surface area contributed by atoms with Crippen LogP contribution >= 0.6 is 11.8 Å². The summed E-state index contributed by atoms with van der Waals surface area (Å²) in [6.45, 7) is 3.49. The zero-order valence-corrected chi connectivity index (χ0v) is 13.6. The van der Waals surface area contributed by atoms with Crippen LogP contribution in [0.15, 0.2) is 4.99 Å². The van der Waals surface area contributed by atoms with E-state index in [9.17, 15) is 13.2 Å². The van der Waals surface area contributed by atoms with Crippen LogP contribution in [0.1, 0.15) is 39.0 Å². The summed E-state index contributed by atoms with van der Waals surface area (Å²) >= 11 is 1.79. The molecule has 1 aliphatic carbocycles. The Bertz CT molecular complexity index is 313. The molecule has 0 aromatic rings. The molecule has 1 rings (SSSR count). The van der Waals surface area contributed by atoms with Crippen LogP contribution in [0.4, 0.5) is 13.2 Å². The van der Waals surface area contributed by atoms with Crippen molar-refractivity contribution in [3.8, 4) is 0 Å². The number of hydrogen-bond acceptors (Lipinski definition) is 2. The molecular formula is C14H26F3N3S. The number of aliphatic imine (C=N–C) groups is 1. The van der Waals surface area contributed by atoms with E-state index in [-0.39, 0.29) is 18.9 Å². The normalized spacial score (nSPS) is 24.0. The molecule has 1 fully saturated rings. The number of halogens is 3. The summed E-state index contributed by atoms with van der Waals surface area (Å²) in [7, 11) is 0. The monoisotopic (exact) mass is 325 g/mol. The number of nitrogens with one attached hydrogen (secondary N) is 2. The Hall–Kier alpha value is -0.590. The molecule has 0 bridgehead atoms. The van der Waals surface area contributed by atoms with Gasteiger partial charge in [-0.05, 0) is 51.0 Å². The van der Waals surface area contributed by atoms with Gasteiger partial charge in [0.25, 0.3) is 0 Å². The van der Waals surface area contributed by atoms with Crippen LogP contribution < -0.4 is 10.6 Å². The van der Waals surface area contributed by atoms with E-state index in [0.717, 1.165) is 31.2 Å². The Morgan fingerprint density at radius 2 is 1.90 bits per heavy atom. The number of hydrogen-bond donors (Lipinski definition) is 2. The van der Waals surface area contributed by atoms with Crippen LogP contribution in [0.2, 0.25) is 0 Å². The highest BCUT2D eigenvalue weighted by Crippen LogP contribution is 2.37. The van der Waals surface area contributed by atoms with Crippen LogP contribution in [0, 0.1) is 5.92 Å². The van der Waals surface area contributed by atoms with E-state index in [2.05, 4.69) is 21.9 Å². The van der Waals surface area contributed by atoms with E-state index in [1.807, 2.05) is 6.92 Å². The molecule has 21 heavy (non-hydrogen) atoms. The second-order valence-electron chi connectivity index (χ2n) is 5.34. The Kier molecular flexibility index (Phi) is 8.29. The first-order valence-electron chi connectivity index (χ1n) is 7.57. The molecule has 0 unspecified atom stereocenters. The zero-order chi connectivity index (χ0) is 15.7. The average Bonchev–Trinajstić information content (AvgIpc) is 2.43. The minimum atomic E-state index is -4.04. The molecule has 0 atom stereocenters. The Labute approximate surface area is 129 Å². The zero-order valence-electron chi connectivity index (χ0n) is 12.8. The first-order valence-corrected chi connectivity index (χ1v) is 8.97. The van der Waals surface area contributed by atoms with Crippen molar-refractivity contribution in [2.45, 2.75) is 51.2 Å². The van der Waals surface area contributed by atoms with Crippen LogP contribution in [-0.2, 0) is 0 Å². The lowest BCUT2D eigenvalue weighted by Crippen LogP contribution is -2.45. The van der Waals surface area contributed by atoms with E-state index in [0.29, 0.717) is 12.8 Å². The third kappa shape index (κ3) is 7.29. The van der Waals surface area contributed by atoms with Crippen molar-refractivity contribution in [2.75, 3.05) is 25.1 Å². The maximum atomic E-state index is 12.6. The fourth-order valence-electron chi connectivity index (χ4n) is 2.48. The maximum absolute atomic E-state index is 12.6. The molecule has 1 aliphatic rings. The summed E-state index contributed by atoms with van der Waals surface area (Å²) in [6.07, 6.45) is 0.574. The van der Waals surface area contributed by atoms with E-state index in [4.69, 9.17) is 0 Å². The summed E-state index contributed by atoms with van der Waals surface area (Å²) in [5, 5.41) is 6.43. The number of rotatable bonds is 6. The van der Waals surface area contributed by atoms with Gasteiger partial charge in [-0.25, -0.2) is 0 Å². The number of thioether (sulfide) groups is 1. The molecule has 0 aliphatic heterocycles. The summed E-state index contributed by atoms with van der Waals surface area (Å²) in [6, 6.07) is 0.0990. The van der Waals surface area contributed by atoms with Gasteiger partial charge in [0.2, 0.25) is 0 Å². The van der Waals surface area contributed by atoms with Crippen molar-refractivity contribution in [2.24, 2.45) is 10.9 Å². The molecule has 2 N–H and O–H groups in total. The molecule has 1 saturated carbocycles. The molecule has 3 nitrogen and oxygen atoms in total. The van der Waals surface area contributed by atoms with Crippen molar-refractivity contribution in [1.82, 2.24) is 10.6 Å². The predicted molar refractivity (Wildman–Crippen MR) is 83.9 cm³/mol. The minimum absolute atomic E-state index is 0.0990. The van der Waals surface area contributed by atoms with Crippen molar-refractivity contribution in [3.05, 3.63) is 0 Å². The molecular weight excluding hydrogens is 299 g/mol. The minimum Gasteiger partial charge on any atom is -0.357 e. The molecule has 0 amide bonds. The van der Waals surface area contributed by atoms with Gasteiger partial charge in [0.15, 0.2) is 5.96 Å². The Morgan fingerprint density at radius 3 is 2.43 bits per heavy atom. The average molecular weight is 325 g/mol. The number of alkyl halides is 3. The molecule has 124 valence electrons. The standard InChI is InChI=1S/C14H26F3N3S/c1-3-18-13(19-9-4-10-21-2)20-12-7-5-11(6-8-12)14(15,16)17/h11-12H,3-10H2,1-2H3,(H2,18,19,20). The molecule has 0 radical (unpaired) electrons. The van der Waals surface area contributed by atoms with Crippen LogP contribution in [0.5, 0.6) is 0 Å². The van der Waals surface area contributed by atoms with Gasteiger partial charge in [-0.2, -0.15) is 24.9 Å². The van der Waals surface area contributed by atoms with E-state index < -0.39 is 12.1 Å². The van der Waals surface area contributed by atoms with Crippen LogP contribution in [0.25, 0.3) is 0 Å². The largest absolute Gasteiger partial charge is 0.391 e. The van der Waals surface area contributed by atoms with E-state index in [1.54, 1.807) is 11.8 Å². The molecule has 0 spiro atoms. The van der Waals surface area contributed by atoms with Crippen LogP contribution in [-0.4, -0.2) is 43.3 Å². The summed E-state index contributed by atoms with van der Waals surface area (Å²) in [4.78, 5) is 4.47. The molecule has 0 heterocycles. The second-order valence-corrected chi connectivity index (χ2v) is 6.33. The lowest BCUT2D eigenvalue weighted by atomic mass is 9.85. The fraction of sp³-hybridized carbons (Fsp3) is 0.929. The van der Waals surface area contributed by atoms with Gasteiger partial charge in [0.05, 0.1) is 5.92 Å². The van der Waals surface area contributed by atoms with Gasteiger partial charge in [0, 0.05) is 19.1 Å². The van der Waals surface area contributed by atoms with Gasteiger partial charge < -0.3 is 10.6 Å². The summed E-state index contributed by atoms with van der Waals surface area (Å²) in [5.41, 5.74) is 0. The highest BCUT2D eigenvalue weighted by Gasteiger charge is 2.41. The van der Waals surface area contributed by atoms with Gasteiger partial charge in [-0.3, -0.25) is 4.99 Å². The van der Waals surface area contributed by atoms with Gasteiger partial charge in [0.1, 0.15) is 0 Å². The fourth-order valence-corrected chi connectivity index (χ4v) is 2.90. The Balaban J connectivity index is 2.39. The third-order valence-corrected chi connectivity index (χ3v) is 4.35. The highest BCUT2D eigenvalue weighted by molar-refractivity contribution is 7.98. The van der Waals surface area contributed by atoms with Gasteiger partial charge in [-0.15, -0.1) is 0 Å². The molecule has 0 saturated heterocycles. The summed E-state index contributed by atoms with van der Waals surface area (Å²) in [5.74, 6) is 0.672. The molecule has 7 heteroatoms. The smallest absolute Gasteiger partial charge is 0.357 e. The lowest BCUT2D eigenvalue weighted by molar-refractivity contribution is -0.182. The predicted octanol–water partition coefficient (Wildman–Crippen LogP) is 3.42. The second kappa shape index (κ2) is 9.43. The first-order chi connectivity index (χ1) is 9.97. The Morgan fingerprint density at radius 1 is 1.24 bits per heavy atom. The highest BCUT2D eigenvalue weighted by atomic mass is 32.2. The maximum Gasteiger partial charge on any atom is 0.391 e. The van der Waals surface area contributed by atoms with Gasteiger partial charge >= 0.3 is 6.18 Å². The molecule has 0 aromatic heterocycles. The lowest BCUT2D eigenvalue weighted by Gasteiger charge is -2.31. The third-order valence-electron chi connectivity index (χ3n) is 3.65. The quantitative estimate of drug-likeness (QED) is 0.446. The number of guanidine groups is 1. The van der Waals surface area contributed by atoms with Crippen LogP contribution in [0.3, 0.4) is 0 Å². The van der Waals surface area contributed by atoms with E-state index >= 15 is 0 Å². The van der Waals surface area contributed by atoms with Gasteiger partial charge in [-0.1, -0.05) is 0 Å². The molecule has 0 aromatic carbocycles. The van der Waals surface area contributed by atoms with Crippen molar-refractivity contribution in [3.63, 3.8) is 0 Å². The SMILES string of the molecule is CCNC(=NCCCSC)NC1CCC(C(F)(F)F)CC1. The van der Waals surface area contributed by atoms with Crippen molar-refractivity contribution < 1.29 is 13.2 Å². The topological polar surface area (TPSA) is 36.4 Å². The van der Waals surface area contributed by atoms with Crippen molar-refractivity contribution in [1.29, 1.82) is 0 Å². The number of nitrogens with zero attached hydrogens (tertiary/aromatic N) is 1.